The molecule has 0 radical (unpaired) electrons. The molecular weight excluding hydrogens is 271 g/mol. The minimum atomic E-state index is -0.821. The van der Waals surface area contributed by atoms with Gasteiger partial charge in [-0.2, -0.15) is 5.26 Å². The van der Waals surface area contributed by atoms with Crippen LogP contribution in [0.3, 0.4) is 0 Å². The first-order chi connectivity index (χ1) is 10.1. The van der Waals surface area contributed by atoms with Crippen molar-refractivity contribution < 1.29 is 13.9 Å². The SMILES string of the molecule is C[C@H](Oc1cccc(C#N)c1)C(=O)Nc1ccccc1F. The van der Waals surface area contributed by atoms with Crippen LogP contribution in [-0.4, -0.2) is 12.0 Å². The lowest BCUT2D eigenvalue weighted by molar-refractivity contribution is -0.122. The summed E-state index contributed by atoms with van der Waals surface area (Å²) < 4.78 is 18.9. The first-order valence-electron chi connectivity index (χ1n) is 6.32. The van der Waals surface area contributed by atoms with Crippen LogP contribution >= 0.6 is 0 Å². The van der Waals surface area contributed by atoms with Gasteiger partial charge in [-0.1, -0.05) is 18.2 Å². The lowest BCUT2D eigenvalue weighted by Crippen LogP contribution is -2.30. The van der Waals surface area contributed by atoms with Crippen molar-refractivity contribution in [2.75, 3.05) is 5.32 Å². The normalized spacial score (nSPS) is 11.3. The van der Waals surface area contributed by atoms with Gasteiger partial charge in [-0.3, -0.25) is 4.79 Å². The van der Waals surface area contributed by atoms with E-state index in [2.05, 4.69) is 5.32 Å². The number of benzene rings is 2. The van der Waals surface area contributed by atoms with Crippen molar-refractivity contribution in [1.29, 1.82) is 5.26 Å². The Hall–Kier alpha value is -2.87. The van der Waals surface area contributed by atoms with E-state index in [0.29, 0.717) is 11.3 Å². The number of hydrogen-bond acceptors (Lipinski definition) is 3. The van der Waals surface area contributed by atoms with Crippen LogP contribution in [0, 0.1) is 17.1 Å². The Morgan fingerprint density at radius 2 is 2.05 bits per heavy atom. The summed E-state index contributed by atoms with van der Waals surface area (Å²) in [6.45, 7) is 1.55. The molecule has 1 N–H and O–H groups in total. The van der Waals surface area contributed by atoms with E-state index in [0.717, 1.165) is 0 Å². The number of rotatable bonds is 4. The average molecular weight is 284 g/mol. The lowest BCUT2D eigenvalue weighted by Gasteiger charge is -2.15. The third-order valence-corrected chi connectivity index (χ3v) is 2.78. The molecule has 21 heavy (non-hydrogen) atoms. The highest BCUT2D eigenvalue weighted by molar-refractivity contribution is 5.94. The van der Waals surface area contributed by atoms with Crippen molar-refractivity contribution in [2.24, 2.45) is 0 Å². The van der Waals surface area contributed by atoms with E-state index >= 15 is 0 Å². The van der Waals surface area contributed by atoms with Gasteiger partial charge in [-0.25, -0.2) is 4.39 Å². The highest BCUT2D eigenvalue weighted by Gasteiger charge is 2.16. The molecule has 0 aromatic heterocycles. The van der Waals surface area contributed by atoms with Crippen LogP contribution in [0.15, 0.2) is 48.5 Å². The molecular formula is C16H13FN2O2. The maximum Gasteiger partial charge on any atom is 0.265 e. The molecule has 0 aliphatic rings. The predicted octanol–water partition coefficient (Wildman–Crippen LogP) is 3.10. The highest BCUT2D eigenvalue weighted by atomic mass is 19.1. The molecule has 0 bridgehead atoms. The lowest BCUT2D eigenvalue weighted by atomic mass is 10.2. The number of para-hydroxylation sites is 1. The van der Waals surface area contributed by atoms with Crippen LogP contribution in [-0.2, 0) is 4.79 Å². The van der Waals surface area contributed by atoms with E-state index in [1.54, 1.807) is 31.2 Å². The largest absolute Gasteiger partial charge is 0.481 e. The summed E-state index contributed by atoms with van der Waals surface area (Å²) in [6.07, 6.45) is -0.821. The van der Waals surface area contributed by atoms with Gasteiger partial charge in [0, 0.05) is 0 Å². The molecule has 1 atom stereocenters. The number of carbonyl (C=O) groups is 1. The van der Waals surface area contributed by atoms with Crippen molar-refractivity contribution in [2.45, 2.75) is 13.0 Å². The van der Waals surface area contributed by atoms with Gasteiger partial charge in [0.25, 0.3) is 5.91 Å². The molecule has 2 aromatic rings. The Kier molecular flexibility index (Phi) is 4.52. The van der Waals surface area contributed by atoms with Crippen molar-refractivity contribution in [1.82, 2.24) is 0 Å². The summed E-state index contributed by atoms with van der Waals surface area (Å²) >= 11 is 0. The summed E-state index contributed by atoms with van der Waals surface area (Å²) in [5, 5.41) is 11.3. The van der Waals surface area contributed by atoms with Crippen molar-refractivity contribution in [3.05, 3.63) is 59.9 Å². The number of ether oxygens (including phenoxy) is 1. The second-order valence-corrected chi connectivity index (χ2v) is 4.37. The summed E-state index contributed by atoms with van der Waals surface area (Å²) in [4.78, 5) is 12.0. The number of hydrogen-bond donors (Lipinski definition) is 1. The number of halogens is 1. The third kappa shape index (κ3) is 3.80. The fourth-order valence-electron chi connectivity index (χ4n) is 1.69. The topological polar surface area (TPSA) is 62.1 Å². The third-order valence-electron chi connectivity index (χ3n) is 2.78. The van der Waals surface area contributed by atoms with Gasteiger partial charge in [0.05, 0.1) is 17.3 Å². The van der Waals surface area contributed by atoms with Gasteiger partial charge in [-0.05, 0) is 37.3 Å². The summed E-state index contributed by atoms with van der Waals surface area (Å²) in [5.74, 6) is -0.572. The van der Waals surface area contributed by atoms with Crippen molar-refractivity contribution in [3.63, 3.8) is 0 Å². The van der Waals surface area contributed by atoms with Crippen LogP contribution in [0.4, 0.5) is 10.1 Å². The zero-order chi connectivity index (χ0) is 15.2. The second-order valence-electron chi connectivity index (χ2n) is 4.37. The van der Waals surface area contributed by atoms with E-state index in [1.165, 1.54) is 24.3 Å². The summed E-state index contributed by atoms with van der Waals surface area (Å²) in [6, 6.07) is 14.4. The Bertz CT molecular complexity index is 695. The monoisotopic (exact) mass is 284 g/mol. The number of amides is 1. The standard InChI is InChI=1S/C16H13FN2O2/c1-11(21-13-6-4-5-12(9-13)10-18)16(20)19-15-8-3-2-7-14(15)17/h2-9,11H,1H3,(H,19,20)/t11-/m0/s1. The van der Waals surface area contributed by atoms with E-state index in [4.69, 9.17) is 10.00 Å². The van der Waals surface area contributed by atoms with Gasteiger partial charge < -0.3 is 10.1 Å². The first kappa shape index (κ1) is 14.5. The van der Waals surface area contributed by atoms with Crippen molar-refractivity contribution in [3.8, 4) is 11.8 Å². The number of nitrogens with one attached hydrogen (secondary N) is 1. The molecule has 5 heteroatoms. The quantitative estimate of drug-likeness (QED) is 0.938. The molecule has 0 heterocycles. The summed E-state index contributed by atoms with van der Waals surface area (Å²) in [5.41, 5.74) is 0.540. The molecule has 106 valence electrons. The first-order valence-corrected chi connectivity index (χ1v) is 6.32. The van der Waals surface area contributed by atoms with Gasteiger partial charge >= 0.3 is 0 Å². The smallest absolute Gasteiger partial charge is 0.265 e. The van der Waals surface area contributed by atoms with Crippen molar-refractivity contribution >= 4 is 11.6 Å². The van der Waals surface area contributed by atoms with E-state index in [1.807, 2.05) is 6.07 Å². The van der Waals surface area contributed by atoms with E-state index in [-0.39, 0.29) is 5.69 Å². The minimum Gasteiger partial charge on any atom is -0.481 e. The number of anilines is 1. The molecule has 0 aliphatic carbocycles. The van der Waals surface area contributed by atoms with Gasteiger partial charge in [0.1, 0.15) is 11.6 Å². The molecule has 2 aromatic carbocycles. The van der Waals surface area contributed by atoms with Gasteiger partial charge in [0.15, 0.2) is 6.10 Å². The van der Waals surface area contributed by atoms with E-state index in [9.17, 15) is 9.18 Å². The summed E-state index contributed by atoms with van der Waals surface area (Å²) in [7, 11) is 0. The molecule has 0 unspecified atom stereocenters. The fraction of sp³-hybridized carbons (Fsp3) is 0.125. The predicted molar refractivity (Wildman–Crippen MR) is 76.3 cm³/mol. The second kappa shape index (κ2) is 6.53. The van der Waals surface area contributed by atoms with Gasteiger partial charge in [-0.15, -0.1) is 0 Å². The Morgan fingerprint density at radius 1 is 1.29 bits per heavy atom. The van der Waals surface area contributed by atoms with Gasteiger partial charge in [0.2, 0.25) is 0 Å². The molecule has 1 amide bonds. The van der Waals surface area contributed by atoms with Crippen LogP contribution in [0.5, 0.6) is 5.75 Å². The highest BCUT2D eigenvalue weighted by Crippen LogP contribution is 2.16. The van der Waals surface area contributed by atoms with Crippen LogP contribution in [0.25, 0.3) is 0 Å². The molecule has 0 saturated carbocycles. The van der Waals surface area contributed by atoms with Crippen LogP contribution in [0.1, 0.15) is 12.5 Å². The molecule has 0 fully saturated rings. The maximum atomic E-state index is 13.4. The molecule has 0 aliphatic heterocycles. The number of nitrogens with zero attached hydrogens (tertiary/aromatic N) is 1. The van der Waals surface area contributed by atoms with Crippen LogP contribution < -0.4 is 10.1 Å². The molecule has 0 saturated heterocycles. The fourth-order valence-corrected chi connectivity index (χ4v) is 1.69. The zero-order valence-corrected chi connectivity index (χ0v) is 11.3. The maximum absolute atomic E-state index is 13.4. The number of carbonyl (C=O) groups excluding carboxylic acids is 1. The number of nitriles is 1. The zero-order valence-electron chi connectivity index (χ0n) is 11.3. The van der Waals surface area contributed by atoms with Crippen LogP contribution in [0.2, 0.25) is 0 Å². The molecule has 0 spiro atoms. The Balaban J connectivity index is 2.03. The van der Waals surface area contributed by atoms with E-state index < -0.39 is 17.8 Å². The molecule has 2 rings (SSSR count). The Morgan fingerprint density at radius 3 is 2.76 bits per heavy atom. The molecule has 4 nitrogen and oxygen atoms in total. The average Bonchev–Trinajstić information content (AvgIpc) is 2.49. The Labute approximate surface area is 121 Å². The minimum absolute atomic E-state index is 0.101.